The van der Waals surface area contributed by atoms with E-state index in [4.69, 9.17) is 0 Å². The number of imide groups is 2. The van der Waals surface area contributed by atoms with Gasteiger partial charge in [0, 0.05) is 97.3 Å². The van der Waals surface area contributed by atoms with Crippen molar-refractivity contribution in [1.29, 1.82) is 0 Å². The molecule has 5 amide bonds. The van der Waals surface area contributed by atoms with Crippen molar-refractivity contribution in [2.24, 2.45) is 0 Å². The molecule has 288 valence electrons. The predicted octanol–water partition coefficient (Wildman–Crippen LogP) is 5.17. The monoisotopic (exact) mass is 770 g/mol. The highest BCUT2D eigenvalue weighted by molar-refractivity contribution is 6.26. The lowest BCUT2D eigenvalue weighted by molar-refractivity contribution is -0.384. The van der Waals surface area contributed by atoms with Gasteiger partial charge in [-0.2, -0.15) is 0 Å². The molecule has 5 aromatic carbocycles. The van der Waals surface area contributed by atoms with Gasteiger partial charge in [-0.05, 0) is 35.9 Å². The molecular weight excluding hydrogens is 736 g/mol. The van der Waals surface area contributed by atoms with Crippen LogP contribution in [0.15, 0.2) is 91.0 Å². The minimum absolute atomic E-state index is 0.00833. The van der Waals surface area contributed by atoms with Gasteiger partial charge in [0.2, 0.25) is 5.91 Å². The normalized spacial score (nSPS) is 13.4. The van der Waals surface area contributed by atoms with Crippen molar-refractivity contribution in [3.63, 3.8) is 0 Å². The second kappa shape index (κ2) is 15.9. The van der Waals surface area contributed by atoms with Crippen LogP contribution in [-0.4, -0.2) is 99.1 Å². The molecule has 0 aromatic heterocycles. The molecule has 0 bridgehead atoms. The maximum absolute atomic E-state index is 13.7. The summed E-state index contributed by atoms with van der Waals surface area (Å²) in [6.45, 7) is 0.315. The molecule has 0 saturated heterocycles. The molecule has 0 atom stereocenters. The number of nitro groups is 2. The molecular formula is C41H34N6O10. The Bertz CT molecular complexity index is 2540. The Kier molecular flexibility index (Phi) is 10.6. The van der Waals surface area contributed by atoms with Gasteiger partial charge in [0.25, 0.3) is 35.0 Å². The SMILES string of the molecule is O=C(CCC(=O)N(CCCNCCN1C(=O)c2cccc3cc([N+](=O)[O-])cc(c23)C1=O)CCN1C(=O)c2cccc3cc([N+](=O)[O-])cc(c23)C1=O)c1ccccc1. The van der Waals surface area contributed by atoms with Gasteiger partial charge in [0.1, 0.15) is 0 Å². The average molecular weight is 771 g/mol. The summed E-state index contributed by atoms with van der Waals surface area (Å²) < 4.78 is 0. The molecule has 0 radical (unpaired) electrons. The maximum Gasteiger partial charge on any atom is 0.270 e. The summed E-state index contributed by atoms with van der Waals surface area (Å²) in [6.07, 6.45) is 0.157. The lowest BCUT2D eigenvalue weighted by Crippen LogP contribution is -2.46. The van der Waals surface area contributed by atoms with E-state index in [2.05, 4.69) is 5.32 Å². The first-order valence-corrected chi connectivity index (χ1v) is 18.2. The number of nitro benzene ring substituents is 2. The fraction of sp³-hybridized carbons (Fsp3) is 0.220. The first kappa shape index (κ1) is 38.1. The molecule has 16 nitrogen and oxygen atoms in total. The van der Waals surface area contributed by atoms with Gasteiger partial charge in [0.15, 0.2) is 5.78 Å². The predicted molar refractivity (Wildman–Crippen MR) is 206 cm³/mol. The number of ketones is 1. The number of carbonyl (C=O) groups is 6. The van der Waals surface area contributed by atoms with E-state index in [1.165, 1.54) is 29.2 Å². The number of hydrogen-bond acceptors (Lipinski definition) is 11. The summed E-state index contributed by atoms with van der Waals surface area (Å²) in [4.78, 5) is 106. The molecule has 1 N–H and O–H groups in total. The van der Waals surface area contributed by atoms with Crippen LogP contribution >= 0.6 is 0 Å². The molecule has 2 aliphatic heterocycles. The van der Waals surface area contributed by atoms with Gasteiger partial charge < -0.3 is 10.2 Å². The van der Waals surface area contributed by atoms with E-state index in [0.717, 1.165) is 15.9 Å². The molecule has 0 spiro atoms. The van der Waals surface area contributed by atoms with Gasteiger partial charge in [-0.15, -0.1) is 0 Å². The largest absolute Gasteiger partial charge is 0.341 e. The summed E-state index contributed by atoms with van der Waals surface area (Å²) >= 11 is 0. The molecule has 0 unspecified atom stereocenters. The van der Waals surface area contributed by atoms with Crippen LogP contribution in [0.25, 0.3) is 21.5 Å². The van der Waals surface area contributed by atoms with Crippen LogP contribution in [-0.2, 0) is 4.79 Å². The van der Waals surface area contributed by atoms with Crippen molar-refractivity contribution in [3.05, 3.63) is 139 Å². The number of non-ortho nitro benzene ring substituents is 2. The number of nitrogens with zero attached hydrogens (tertiary/aromatic N) is 5. The first-order valence-electron chi connectivity index (χ1n) is 18.2. The van der Waals surface area contributed by atoms with E-state index in [9.17, 15) is 49.0 Å². The lowest BCUT2D eigenvalue weighted by Gasteiger charge is -2.30. The molecule has 0 aliphatic carbocycles. The quantitative estimate of drug-likeness (QED) is 0.0455. The fourth-order valence-corrected chi connectivity index (χ4v) is 7.34. The molecule has 2 heterocycles. The third kappa shape index (κ3) is 7.45. The Morgan fingerprint density at radius 2 is 1.12 bits per heavy atom. The van der Waals surface area contributed by atoms with Gasteiger partial charge in [-0.25, -0.2) is 0 Å². The van der Waals surface area contributed by atoms with Crippen LogP contribution in [0.5, 0.6) is 0 Å². The number of amides is 5. The zero-order chi connectivity index (χ0) is 40.4. The Labute approximate surface area is 323 Å². The molecule has 2 aliphatic rings. The Morgan fingerprint density at radius 1 is 0.596 bits per heavy atom. The second-order valence-electron chi connectivity index (χ2n) is 13.6. The summed E-state index contributed by atoms with van der Waals surface area (Å²) in [5.74, 6) is -3.11. The zero-order valence-corrected chi connectivity index (χ0v) is 30.3. The average Bonchev–Trinajstić information content (AvgIpc) is 3.21. The highest BCUT2D eigenvalue weighted by atomic mass is 16.6. The second-order valence-corrected chi connectivity index (χ2v) is 13.6. The summed E-state index contributed by atoms with van der Waals surface area (Å²) in [5.41, 5.74) is 0.436. The standard InChI is InChI=1S/C41H34N6O10/c48-34(25-7-2-1-3-8-25)13-14-35(49)43(19-20-45-39(51)31-12-5-10-27-22-29(47(56)57)24-33(37(27)31)41(45)53)17-6-15-42-16-18-44-38(50)30-11-4-9-26-21-28(46(54)55)23-32(36(26)30)40(44)52/h1-5,7-12,21-24,42H,6,13-20H2. The van der Waals surface area contributed by atoms with Crippen molar-refractivity contribution in [3.8, 4) is 0 Å². The molecule has 7 rings (SSSR count). The highest BCUT2D eigenvalue weighted by Gasteiger charge is 2.36. The van der Waals surface area contributed by atoms with Gasteiger partial charge in [0.05, 0.1) is 21.0 Å². The smallest absolute Gasteiger partial charge is 0.270 e. The number of nitrogens with one attached hydrogen (secondary N) is 1. The van der Waals surface area contributed by atoms with E-state index < -0.39 is 33.5 Å². The maximum atomic E-state index is 13.7. The van der Waals surface area contributed by atoms with Crippen molar-refractivity contribution in [2.45, 2.75) is 19.3 Å². The number of benzene rings is 5. The Hall–Kier alpha value is -7.20. The first-order chi connectivity index (χ1) is 27.4. The number of rotatable bonds is 16. The number of carbonyl (C=O) groups excluding carboxylic acids is 6. The summed E-state index contributed by atoms with van der Waals surface area (Å²) in [6, 6.07) is 22.9. The van der Waals surface area contributed by atoms with E-state index in [-0.39, 0.29) is 90.9 Å². The van der Waals surface area contributed by atoms with Gasteiger partial charge >= 0.3 is 0 Å². The van der Waals surface area contributed by atoms with E-state index in [1.54, 1.807) is 60.7 Å². The van der Waals surface area contributed by atoms with Gasteiger partial charge in [-0.1, -0.05) is 54.6 Å². The molecule has 5 aromatic rings. The van der Waals surface area contributed by atoms with E-state index >= 15 is 0 Å². The number of hydrogen-bond donors (Lipinski definition) is 1. The highest BCUT2D eigenvalue weighted by Crippen LogP contribution is 2.35. The van der Waals surface area contributed by atoms with Crippen LogP contribution in [0.3, 0.4) is 0 Å². The fourth-order valence-electron chi connectivity index (χ4n) is 7.34. The van der Waals surface area contributed by atoms with Crippen molar-refractivity contribution >= 4 is 68.2 Å². The minimum atomic E-state index is -0.726. The van der Waals surface area contributed by atoms with Gasteiger partial charge in [-0.3, -0.25) is 58.8 Å². The lowest BCUT2D eigenvalue weighted by atomic mass is 9.93. The third-order valence-electron chi connectivity index (χ3n) is 10.1. The van der Waals surface area contributed by atoms with Crippen molar-refractivity contribution in [2.75, 3.05) is 39.3 Å². The van der Waals surface area contributed by atoms with E-state index in [1.807, 2.05) is 0 Å². The molecule has 57 heavy (non-hydrogen) atoms. The zero-order valence-electron chi connectivity index (χ0n) is 30.3. The van der Waals surface area contributed by atoms with Crippen LogP contribution in [0.4, 0.5) is 11.4 Å². The van der Waals surface area contributed by atoms with Crippen LogP contribution in [0.2, 0.25) is 0 Å². The van der Waals surface area contributed by atoms with Crippen molar-refractivity contribution in [1.82, 2.24) is 20.0 Å². The van der Waals surface area contributed by atoms with Crippen LogP contribution < -0.4 is 5.32 Å². The van der Waals surface area contributed by atoms with Crippen LogP contribution in [0.1, 0.15) is 71.1 Å². The number of Topliss-reactive ketones (excluding diaryl/α,β-unsaturated/α-hetero) is 1. The van der Waals surface area contributed by atoms with Crippen molar-refractivity contribution < 1.29 is 38.6 Å². The topological polar surface area (TPSA) is 210 Å². The molecule has 16 heteroatoms. The summed E-state index contributed by atoms with van der Waals surface area (Å²) in [5, 5.41) is 27.8. The minimum Gasteiger partial charge on any atom is -0.341 e. The summed E-state index contributed by atoms with van der Waals surface area (Å²) in [7, 11) is 0. The Balaban J connectivity index is 1.00. The third-order valence-corrected chi connectivity index (χ3v) is 10.1. The molecule has 0 saturated carbocycles. The van der Waals surface area contributed by atoms with E-state index in [0.29, 0.717) is 40.1 Å². The Morgan fingerprint density at radius 3 is 1.67 bits per heavy atom. The van der Waals surface area contributed by atoms with Crippen LogP contribution in [0, 0.1) is 20.2 Å². The molecule has 0 fully saturated rings.